The summed E-state index contributed by atoms with van der Waals surface area (Å²) in [4.78, 5) is 25.4. The van der Waals surface area contributed by atoms with Gasteiger partial charge in [-0.15, -0.1) is 0 Å². The molecule has 0 saturated carbocycles. The highest BCUT2D eigenvalue weighted by Crippen LogP contribution is 2.23. The van der Waals surface area contributed by atoms with Crippen LogP contribution in [-0.4, -0.2) is 30.8 Å². The van der Waals surface area contributed by atoms with Crippen molar-refractivity contribution in [2.45, 2.75) is 0 Å². The lowest BCUT2D eigenvalue weighted by Gasteiger charge is -2.13. The van der Waals surface area contributed by atoms with E-state index in [2.05, 4.69) is 21.2 Å². The van der Waals surface area contributed by atoms with E-state index in [0.717, 1.165) is 6.07 Å². The van der Waals surface area contributed by atoms with Gasteiger partial charge in [0, 0.05) is 29.8 Å². The zero-order valence-electron chi connectivity index (χ0n) is 12.4. The largest absolute Gasteiger partial charge is 0.345 e. The zero-order valence-corrected chi connectivity index (χ0v) is 14.7. The van der Waals surface area contributed by atoms with Crippen LogP contribution < -0.4 is 5.32 Å². The van der Waals surface area contributed by atoms with Crippen LogP contribution in [0.5, 0.6) is 0 Å². The van der Waals surface area contributed by atoms with Gasteiger partial charge in [0.2, 0.25) is 0 Å². The van der Waals surface area contributed by atoms with Crippen LogP contribution in [0.4, 0.5) is 10.1 Å². The lowest BCUT2D eigenvalue weighted by Crippen LogP contribution is -2.22. The summed E-state index contributed by atoms with van der Waals surface area (Å²) in [5.41, 5.74) is 0.917. The SMILES string of the molecule is CN(C)C(=O)c1ccc(NC(=O)c2cc(F)cc(Br)c2)cc1Cl. The average Bonchev–Trinajstić information content (AvgIpc) is 2.45. The van der Waals surface area contributed by atoms with Gasteiger partial charge in [-0.2, -0.15) is 0 Å². The van der Waals surface area contributed by atoms with E-state index >= 15 is 0 Å². The average molecular weight is 400 g/mol. The van der Waals surface area contributed by atoms with Gasteiger partial charge in [-0.1, -0.05) is 27.5 Å². The molecule has 2 rings (SSSR count). The molecule has 0 unspecified atom stereocenters. The van der Waals surface area contributed by atoms with Crippen LogP contribution >= 0.6 is 27.5 Å². The van der Waals surface area contributed by atoms with Gasteiger partial charge in [0.25, 0.3) is 11.8 Å². The highest BCUT2D eigenvalue weighted by atomic mass is 79.9. The van der Waals surface area contributed by atoms with E-state index in [0.29, 0.717) is 15.7 Å². The third-order valence-corrected chi connectivity index (χ3v) is 3.76. The first-order valence-electron chi connectivity index (χ1n) is 6.56. The number of rotatable bonds is 3. The van der Waals surface area contributed by atoms with E-state index in [-0.39, 0.29) is 16.5 Å². The van der Waals surface area contributed by atoms with Crippen LogP contribution in [0.2, 0.25) is 5.02 Å². The number of carbonyl (C=O) groups is 2. The molecule has 0 aliphatic rings. The van der Waals surface area contributed by atoms with Crippen molar-refractivity contribution in [3.63, 3.8) is 0 Å². The van der Waals surface area contributed by atoms with E-state index < -0.39 is 11.7 Å². The third-order valence-electron chi connectivity index (χ3n) is 2.99. The number of halogens is 3. The summed E-state index contributed by atoms with van der Waals surface area (Å²) in [5, 5.41) is 2.84. The minimum atomic E-state index is -0.519. The van der Waals surface area contributed by atoms with Crippen LogP contribution in [0.3, 0.4) is 0 Å². The molecule has 2 amide bonds. The maximum absolute atomic E-state index is 13.3. The van der Waals surface area contributed by atoms with Gasteiger partial charge < -0.3 is 10.2 Å². The number of nitrogens with zero attached hydrogens (tertiary/aromatic N) is 1. The monoisotopic (exact) mass is 398 g/mol. The fourth-order valence-corrected chi connectivity index (χ4v) is 2.62. The Kier molecular flexibility index (Phi) is 5.38. The van der Waals surface area contributed by atoms with Crippen LogP contribution in [-0.2, 0) is 0 Å². The summed E-state index contributed by atoms with van der Waals surface area (Å²) in [6, 6.07) is 8.46. The van der Waals surface area contributed by atoms with E-state index in [1.165, 1.54) is 29.2 Å². The fraction of sp³-hybridized carbons (Fsp3) is 0.125. The van der Waals surface area contributed by atoms with Crippen LogP contribution in [0.15, 0.2) is 40.9 Å². The molecule has 0 aliphatic heterocycles. The van der Waals surface area contributed by atoms with E-state index in [1.807, 2.05) is 0 Å². The van der Waals surface area contributed by atoms with E-state index in [1.54, 1.807) is 20.2 Å². The van der Waals surface area contributed by atoms with Gasteiger partial charge in [0.15, 0.2) is 0 Å². The van der Waals surface area contributed by atoms with Gasteiger partial charge in [0.1, 0.15) is 5.82 Å². The van der Waals surface area contributed by atoms with Gasteiger partial charge in [-0.3, -0.25) is 9.59 Å². The van der Waals surface area contributed by atoms with Crippen molar-refractivity contribution >= 4 is 45.0 Å². The number of hydrogen-bond acceptors (Lipinski definition) is 2. The second-order valence-corrected chi connectivity index (χ2v) is 6.33. The number of anilines is 1. The molecular formula is C16H13BrClFN2O2. The Labute approximate surface area is 146 Å². The molecule has 0 radical (unpaired) electrons. The number of nitrogens with one attached hydrogen (secondary N) is 1. The van der Waals surface area contributed by atoms with E-state index in [4.69, 9.17) is 11.6 Å². The predicted molar refractivity (Wildman–Crippen MR) is 91.5 cm³/mol. The Balaban J connectivity index is 2.22. The Morgan fingerprint density at radius 2 is 1.87 bits per heavy atom. The molecule has 1 N–H and O–H groups in total. The first kappa shape index (κ1) is 17.4. The molecule has 7 heteroatoms. The maximum atomic E-state index is 13.3. The second kappa shape index (κ2) is 7.10. The normalized spacial score (nSPS) is 10.3. The summed E-state index contributed by atoms with van der Waals surface area (Å²) in [7, 11) is 3.24. The van der Waals surface area contributed by atoms with Crippen LogP contribution in [0, 0.1) is 5.82 Å². The number of amides is 2. The Morgan fingerprint density at radius 1 is 1.17 bits per heavy atom. The molecule has 0 bridgehead atoms. The summed E-state index contributed by atoms with van der Waals surface area (Å²) in [6.45, 7) is 0. The second-order valence-electron chi connectivity index (χ2n) is 5.01. The Hall–Kier alpha value is -1.92. The quantitative estimate of drug-likeness (QED) is 0.841. The third kappa shape index (κ3) is 4.30. The Morgan fingerprint density at radius 3 is 2.43 bits per heavy atom. The van der Waals surface area contributed by atoms with Crippen molar-refractivity contribution in [1.82, 2.24) is 4.90 Å². The molecule has 0 spiro atoms. The molecule has 0 fully saturated rings. The van der Waals surface area contributed by atoms with E-state index in [9.17, 15) is 14.0 Å². The van der Waals surface area contributed by atoms with Crippen LogP contribution in [0.1, 0.15) is 20.7 Å². The van der Waals surface area contributed by atoms with Crippen molar-refractivity contribution < 1.29 is 14.0 Å². The molecule has 4 nitrogen and oxygen atoms in total. The number of benzene rings is 2. The molecule has 0 aliphatic carbocycles. The molecule has 2 aromatic rings. The first-order valence-corrected chi connectivity index (χ1v) is 7.73. The standard InChI is InChI=1S/C16H13BrClFN2O2/c1-21(2)16(23)13-4-3-12(8-14(13)18)20-15(22)9-5-10(17)7-11(19)6-9/h3-8H,1-2H3,(H,20,22). The Bertz CT molecular complexity index is 760. The molecule has 23 heavy (non-hydrogen) atoms. The van der Waals surface area contributed by atoms with Crippen LogP contribution in [0.25, 0.3) is 0 Å². The minimum Gasteiger partial charge on any atom is -0.345 e. The fourth-order valence-electron chi connectivity index (χ4n) is 1.90. The highest BCUT2D eigenvalue weighted by Gasteiger charge is 2.14. The molecule has 0 saturated heterocycles. The van der Waals surface area contributed by atoms with Crippen molar-refractivity contribution in [2.75, 3.05) is 19.4 Å². The summed E-state index contributed by atoms with van der Waals surface area (Å²) in [5.74, 6) is -1.23. The smallest absolute Gasteiger partial charge is 0.255 e. The maximum Gasteiger partial charge on any atom is 0.255 e. The van der Waals surface area contributed by atoms with Crippen molar-refractivity contribution in [3.05, 3.63) is 62.8 Å². The predicted octanol–water partition coefficient (Wildman–Crippen LogP) is 4.20. The van der Waals surface area contributed by atoms with Gasteiger partial charge >= 0.3 is 0 Å². The van der Waals surface area contributed by atoms with Crippen molar-refractivity contribution in [3.8, 4) is 0 Å². The lowest BCUT2D eigenvalue weighted by atomic mass is 10.1. The summed E-state index contributed by atoms with van der Waals surface area (Å²) >= 11 is 9.22. The first-order chi connectivity index (χ1) is 10.8. The minimum absolute atomic E-state index is 0.168. The van der Waals surface area contributed by atoms with Gasteiger partial charge in [0.05, 0.1) is 10.6 Å². The topological polar surface area (TPSA) is 49.4 Å². The number of carbonyl (C=O) groups excluding carboxylic acids is 2. The van der Waals surface area contributed by atoms with Crippen molar-refractivity contribution in [1.29, 1.82) is 0 Å². The lowest BCUT2D eigenvalue weighted by molar-refractivity contribution is 0.0827. The molecule has 0 aromatic heterocycles. The molecule has 0 atom stereocenters. The van der Waals surface area contributed by atoms with Gasteiger partial charge in [-0.05, 0) is 36.4 Å². The summed E-state index contributed by atoms with van der Waals surface area (Å²) in [6.07, 6.45) is 0. The van der Waals surface area contributed by atoms with Crippen molar-refractivity contribution in [2.24, 2.45) is 0 Å². The summed E-state index contributed by atoms with van der Waals surface area (Å²) < 4.78 is 13.8. The van der Waals surface area contributed by atoms with Gasteiger partial charge in [-0.25, -0.2) is 4.39 Å². The molecule has 120 valence electrons. The highest BCUT2D eigenvalue weighted by molar-refractivity contribution is 9.10. The molecule has 2 aromatic carbocycles. The molecule has 0 heterocycles. The molecular weight excluding hydrogens is 387 g/mol. The zero-order chi connectivity index (χ0) is 17.1. The number of hydrogen-bond donors (Lipinski definition) is 1.